The van der Waals surface area contributed by atoms with Gasteiger partial charge in [-0.1, -0.05) is 26.2 Å². The Morgan fingerprint density at radius 1 is 1.50 bits per heavy atom. The molecule has 0 radical (unpaired) electrons. The quantitative estimate of drug-likeness (QED) is 0.726. The monoisotopic (exact) mass is 248 g/mol. The van der Waals surface area contributed by atoms with E-state index in [9.17, 15) is 4.79 Å². The highest BCUT2D eigenvalue weighted by Crippen LogP contribution is 2.29. The second kappa shape index (κ2) is 8.82. The summed E-state index contributed by atoms with van der Waals surface area (Å²) in [6.45, 7) is 2.72. The van der Waals surface area contributed by atoms with E-state index in [0.29, 0.717) is 18.9 Å². The normalized spacial score (nSPS) is 17.1. The molecule has 1 fully saturated rings. The van der Waals surface area contributed by atoms with Crippen molar-refractivity contribution in [3.05, 3.63) is 0 Å². The maximum absolute atomic E-state index is 11.6. The maximum Gasteiger partial charge on any atom is 0.220 e. The Hall–Kier alpha value is -0.280. The molecule has 1 aliphatic rings. The van der Waals surface area contributed by atoms with Crippen molar-refractivity contribution in [2.75, 3.05) is 6.54 Å². The molecule has 1 rings (SSSR count). The molecule has 1 atom stereocenters. The van der Waals surface area contributed by atoms with Crippen molar-refractivity contribution < 1.29 is 4.79 Å². The first-order valence-electron chi connectivity index (χ1n) is 6.25. The van der Waals surface area contributed by atoms with Gasteiger partial charge in [0.15, 0.2) is 0 Å². The third kappa shape index (κ3) is 5.71. The number of nitrogens with one attached hydrogen (secondary N) is 1. The Morgan fingerprint density at radius 2 is 2.19 bits per heavy atom. The molecule has 0 spiro atoms. The van der Waals surface area contributed by atoms with Crippen LogP contribution in [0.1, 0.15) is 51.9 Å². The van der Waals surface area contributed by atoms with Gasteiger partial charge < -0.3 is 11.1 Å². The third-order valence-electron chi connectivity index (χ3n) is 3.25. The minimum atomic E-state index is 0. The van der Waals surface area contributed by atoms with Gasteiger partial charge in [-0.05, 0) is 25.2 Å². The number of halogens is 1. The fourth-order valence-corrected chi connectivity index (χ4v) is 1.95. The van der Waals surface area contributed by atoms with Crippen LogP contribution in [0, 0.1) is 5.92 Å². The summed E-state index contributed by atoms with van der Waals surface area (Å²) in [6.07, 6.45) is 7.80. The summed E-state index contributed by atoms with van der Waals surface area (Å²) < 4.78 is 0. The van der Waals surface area contributed by atoms with E-state index in [-0.39, 0.29) is 24.4 Å². The van der Waals surface area contributed by atoms with Crippen molar-refractivity contribution in [2.45, 2.75) is 57.9 Å². The van der Waals surface area contributed by atoms with Crippen molar-refractivity contribution >= 4 is 18.3 Å². The highest BCUT2D eigenvalue weighted by Gasteiger charge is 2.21. The van der Waals surface area contributed by atoms with Gasteiger partial charge in [0, 0.05) is 19.0 Å². The lowest BCUT2D eigenvalue weighted by molar-refractivity contribution is -0.123. The Balaban J connectivity index is 0.00000225. The molecule has 0 aromatic carbocycles. The van der Waals surface area contributed by atoms with E-state index >= 15 is 0 Å². The zero-order chi connectivity index (χ0) is 11.1. The summed E-state index contributed by atoms with van der Waals surface area (Å²) in [4.78, 5) is 11.6. The van der Waals surface area contributed by atoms with Gasteiger partial charge >= 0.3 is 0 Å². The van der Waals surface area contributed by atoms with E-state index in [1.807, 2.05) is 0 Å². The largest absolute Gasteiger partial charge is 0.352 e. The van der Waals surface area contributed by atoms with Crippen LogP contribution in [0.5, 0.6) is 0 Å². The second-order valence-corrected chi connectivity index (χ2v) is 4.64. The SMILES string of the molecule is CCCCC(CN)NC(=O)CC1CCC1.Cl. The fraction of sp³-hybridized carbons (Fsp3) is 0.917. The molecule has 0 saturated heterocycles. The molecule has 3 N–H and O–H groups in total. The van der Waals surface area contributed by atoms with Gasteiger partial charge in [-0.2, -0.15) is 0 Å². The van der Waals surface area contributed by atoms with E-state index in [1.54, 1.807) is 0 Å². The fourth-order valence-electron chi connectivity index (χ4n) is 1.95. The summed E-state index contributed by atoms with van der Waals surface area (Å²) in [5, 5.41) is 3.04. The average molecular weight is 249 g/mol. The molecule has 1 unspecified atom stereocenters. The predicted molar refractivity (Wildman–Crippen MR) is 69.7 cm³/mol. The van der Waals surface area contributed by atoms with E-state index in [2.05, 4.69) is 12.2 Å². The number of unbranched alkanes of at least 4 members (excludes halogenated alkanes) is 1. The highest BCUT2D eigenvalue weighted by molar-refractivity contribution is 5.85. The number of amides is 1. The van der Waals surface area contributed by atoms with Gasteiger partial charge in [0.05, 0.1) is 0 Å². The molecule has 0 heterocycles. The number of carbonyl (C=O) groups excluding carboxylic acids is 1. The molecule has 1 amide bonds. The first kappa shape index (κ1) is 15.7. The summed E-state index contributed by atoms with van der Waals surface area (Å²) in [7, 11) is 0. The molecule has 0 aromatic rings. The van der Waals surface area contributed by atoms with Crippen molar-refractivity contribution in [1.29, 1.82) is 0 Å². The van der Waals surface area contributed by atoms with Crippen molar-refractivity contribution in [1.82, 2.24) is 5.32 Å². The molecule has 0 aromatic heterocycles. The van der Waals surface area contributed by atoms with Gasteiger partial charge in [0.25, 0.3) is 0 Å². The zero-order valence-corrected chi connectivity index (χ0v) is 11.0. The van der Waals surface area contributed by atoms with E-state index < -0.39 is 0 Å². The summed E-state index contributed by atoms with van der Waals surface area (Å²) in [5.74, 6) is 0.848. The number of carbonyl (C=O) groups is 1. The lowest BCUT2D eigenvalue weighted by Crippen LogP contribution is -2.41. The van der Waals surface area contributed by atoms with Crippen LogP contribution >= 0.6 is 12.4 Å². The summed E-state index contributed by atoms with van der Waals surface area (Å²) in [5.41, 5.74) is 5.62. The van der Waals surface area contributed by atoms with Crippen LogP contribution in [0.3, 0.4) is 0 Å². The van der Waals surface area contributed by atoms with Crippen molar-refractivity contribution in [2.24, 2.45) is 11.7 Å². The first-order valence-corrected chi connectivity index (χ1v) is 6.25. The lowest BCUT2D eigenvalue weighted by atomic mass is 9.83. The second-order valence-electron chi connectivity index (χ2n) is 4.64. The van der Waals surface area contributed by atoms with E-state index in [0.717, 1.165) is 19.3 Å². The standard InChI is InChI=1S/C12H24N2O.ClH/c1-2-3-7-11(9-13)14-12(15)8-10-5-4-6-10;/h10-11H,2-9,13H2,1H3,(H,14,15);1H. The predicted octanol–water partition coefficient (Wildman–Crippen LogP) is 2.23. The van der Waals surface area contributed by atoms with Gasteiger partial charge in [-0.25, -0.2) is 0 Å². The van der Waals surface area contributed by atoms with Crippen LogP contribution in [0.25, 0.3) is 0 Å². The Morgan fingerprint density at radius 3 is 2.62 bits per heavy atom. The highest BCUT2D eigenvalue weighted by atomic mass is 35.5. The molecule has 4 heteroatoms. The summed E-state index contributed by atoms with van der Waals surface area (Å²) >= 11 is 0. The van der Waals surface area contributed by atoms with Crippen molar-refractivity contribution in [3.63, 3.8) is 0 Å². The van der Waals surface area contributed by atoms with Gasteiger partial charge in [-0.3, -0.25) is 4.79 Å². The van der Waals surface area contributed by atoms with Crippen LogP contribution in [-0.4, -0.2) is 18.5 Å². The van der Waals surface area contributed by atoms with Crippen LogP contribution < -0.4 is 11.1 Å². The molecular formula is C12H25ClN2O. The minimum absolute atomic E-state index is 0. The molecule has 16 heavy (non-hydrogen) atoms. The molecule has 3 nitrogen and oxygen atoms in total. The average Bonchev–Trinajstić information content (AvgIpc) is 2.18. The number of hydrogen-bond acceptors (Lipinski definition) is 2. The van der Waals surface area contributed by atoms with Gasteiger partial charge in [0.2, 0.25) is 5.91 Å². The minimum Gasteiger partial charge on any atom is -0.352 e. The molecule has 1 aliphatic carbocycles. The molecular weight excluding hydrogens is 224 g/mol. The number of hydrogen-bond donors (Lipinski definition) is 2. The van der Waals surface area contributed by atoms with Crippen LogP contribution in [0.2, 0.25) is 0 Å². The maximum atomic E-state index is 11.6. The topological polar surface area (TPSA) is 55.1 Å². The zero-order valence-electron chi connectivity index (χ0n) is 10.2. The first-order chi connectivity index (χ1) is 7.26. The molecule has 0 aliphatic heterocycles. The van der Waals surface area contributed by atoms with Gasteiger partial charge in [0.1, 0.15) is 0 Å². The van der Waals surface area contributed by atoms with Crippen LogP contribution in [0.4, 0.5) is 0 Å². The van der Waals surface area contributed by atoms with E-state index in [4.69, 9.17) is 5.73 Å². The number of nitrogens with two attached hydrogens (primary N) is 1. The molecule has 0 bridgehead atoms. The molecule has 96 valence electrons. The third-order valence-corrected chi connectivity index (χ3v) is 3.25. The van der Waals surface area contributed by atoms with Crippen LogP contribution in [-0.2, 0) is 4.79 Å². The Bertz CT molecular complexity index is 195. The number of rotatable bonds is 7. The smallest absolute Gasteiger partial charge is 0.220 e. The van der Waals surface area contributed by atoms with Gasteiger partial charge in [-0.15, -0.1) is 12.4 Å². The van der Waals surface area contributed by atoms with Crippen molar-refractivity contribution in [3.8, 4) is 0 Å². The van der Waals surface area contributed by atoms with E-state index in [1.165, 1.54) is 19.3 Å². The summed E-state index contributed by atoms with van der Waals surface area (Å²) in [6, 6.07) is 0.192. The Labute approximate surface area is 105 Å². The van der Waals surface area contributed by atoms with Crippen LogP contribution in [0.15, 0.2) is 0 Å². The molecule has 1 saturated carbocycles. The Kier molecular flexibility index (Phi) is 8.67. The lowest BCUT2D eigenvalue weighted by Gasteiger charge is -2.25.